The summed E-state index contributed by atoms with van der Waals surface area (Å²) >= 11 is 0. The third-order valence-electron chi connectivity index (χ3n) is 13.3. The van der Waals surface area contributed by atoms with Crippen molar-refractivity contribution >= 4 is 35.2 Å². The molecule has 15 nitrogen and oxygen atoms in total. The highest BCUT2D eigenvalue weighted by Crippen LogP contribution is 2.33. The van der Waals surface area contributed by atoms with Crippen LogP contribution in [-0.2, 0) is 32.0 Å². The molecule has 2 unspecified atom stereocenters. The van der Waals surface area contributed by atoms with E-state index >= 15 is 0 Å². The van der Waals surface area contributed by atoms with Gasteiger partial charge in [0.15, 0.2) is 0 Å². The number of piperazine rings is 1. The van der Waals surface area contributed by atoms with Crippen LogP contribution >= 0.6 is 0 Å². The molecule has 15 heteroatoms. The first-order valence-corrected chi connectivity index (χ1v) is 24.5. The molecule has 3 fully saturated rings. The quantitative estimate of drug-likeness (QED) is 0.112. The summed E-state index contributed by atoms with van der Waals surface area (Å²) in [6.07, 6.45) is 12.0. The topological polar surface area (TPSA) is 188 Å². The van der Waals surface area contributed by atoms with Gasteiger partial charge in [-0.2, -0.15) is 5.10 Å². The average Bonchev–Trinajstić information content (AvgIpc) is 4.09. The van der Waals surface area contributed by atoms with E-state index < -0.39 is 5.97 Å². The number of aryl methyl sites for hydroxylation is 4. The molecule has 4 aliphatic heterocycles. The van der Waals surface area contributed by atoms with Crippen molar-refractivity contribution in [3.8, 4) is 5.69 Å². The van der Waals surface area contributed by atoms with E-state index in [1.807, 2.05) is 42.2 Å². The van der Waals surface area contributed by atoms with Gasteiger partial charge < -0.3 is 40.8 Å². The monoisotopic (exact) mass is 900 g/mol. The van der Waals surface area contributed by atoms with E-state index in [4.69, 9.17) is 10.1 Å². The molecule has 0 saturated carbocycles. The minimum Gasteiger partial charge on any atom is -0.481 e. The molecule has 0 radical (unpaired) electrons. The Labute approximate surface area is 387 Å². The third-order valence-corrected chi connectivity index (χ3v) is 13.3. The number of anilines is 2. The van der Waals surface area contributed by atoms with Gasteiger partial charge in [-0.05, 0) is 132 Å². The molecule has 0 bridgehead atoms. The number of nitrogens with zero attached hydrogens (tertiary/aromatic N) is 7. The largest absolute Gasteiger partial charge is 0.481 e. The second-order valence-electron chi connectivity index (χ2n) is 18.2. The van der Waals surface area contributed by atoms with Crippen LogP contribution in [-0.4, -0.2) is 136 Å². The molecular formula is C50H77N9O6. The average molecular weight is 900 g/mol. The summed E-state index contributed by atoms with van der Waals surface area (Å²) in [6.45, 7) is 16.4. The molecule has 2 atom stereocenters. The van der Waals surface area contributed by atoms with Crippen molar-refractivity contribution in [2.75, 3.05) is 82.2 Å². The number of rotatable bonds is 20. The zero-order chi connectivity index (χ0) is 45.4. The molecule has 358 valence electrons. The Bertz CT molecular complexity index is 2010. The molecule has 0 aliphatic carbocycles. The smallest absolute Gasteiger partial charge is 0.304 e. The van der Waals surface area contributed by atoms with Gasteiger partial charge in [-0.15, -0.1) is 0 Å². The lowest BCUT2D eigenvalue weighted by molar-refractivity contribution is -0.137. The Morgan fingerprint density at radius 3 is 2.28 bits per heavy atom. The third kappa shape index (κ3) is 15.0. The van der Waals surface area contributed by atoms with Crippen LogP contribution in [0, 0.1) is 19.8 Å². The number of carboxylic acids is 1. The lowest BCUT2D eigenvalue weighted by Gasteiger charge is -2.37. The molecule has 0 spiro atoms. The van der Waals surface area contributed by atoms with Crippen molar-refractivity contribution in [3.63, 3.8) is 0 Å². The number of carboxylic acid groups (broad SMARTS) is 1. The summed E-state index contributed by atoms with van der Waals surface area (Å²) in [5.74, 6) is 0.871. The van der Waals surface area contributed by atoms with Crippen LogP contribution < -0.4 is 15.5 Å². The zero-order valence-corrected chi connectivity index (χ0v) is 39.7. The molecule has 3 aromatic rings. The van der Waals surface area contributed by atoms with Gasteiger partial charge in [-0.1, -0.05) is 26.3 Å². The Hall–Kier alpha value is -5.02. The summed E-state index contributed by atoms with van der Waals surface area (Å²) < 4.78 is 1.95. The van der Waals surface area contributed by atoms with Crippen LogP contribution in [0.3, 0.4) is 0 Å². The van der Waals surface area contributed by atoms with Gasteiger partial charge in [-0.25, -0.2) is 9.67 Å². The number of carbonyl (C=O) groups excluding carboxylic acids is 3. The maximum Gasteiger partial charge on any atom is 0.304 e. The van der Waals surface area contributed by atoms with Crippen molar-refractivity contribution < 1.29 is 29.8 Å². The summed E-state index contributed by atoms with van der Waals surface area (Å²) in [5, 5.41) is 21.4. The second-order valence-corrected chi connectivity index (χ2v) is 18.2. The highest BCUT2D eigenvalue weighted by Gasteiger charge is 2.29. The second kappa shape index (κ2) is 25.6. The van der Waals surface area contributed by atoms with Crippen molar-refractivity contribution in [2.45, 2.75) is 130 Å². The molecule has 65 heavy (non-hydrogen) atoms. The summed E-state index contributed by atoms with van der Waals surface area (Å²) in [5.41, 5.74) is 7.29. The number of carbonyl (C=O) groups is 4. The van der Waals surface area contributed by atoms with E-state index in [0.29, 0.717) is 70.9 Å². The summed E-state index contributed by atoms with van der Waals surface area (Å²) in [6, 6.07) is 12.9. The van der Waals surface area contributed by atoms with E-state index in [1.54, 1.807) is 0 Å². The highest BCUT2D eigenvalue weighted by molar-refractivity contribution is 5.79. The van der Waals surface area contributed by atoms with Crippen molar-refractivity contribution in [2.24, 2.45) is 5.92 Å². The normalized spacial score (nSPS) is 17.7. The van der Waals surface area contributed by atoms with E-state index in [1.165, 1.54) is 5.56 Å². The van der Waals surface area contributed by atoms with Crippen molar-refractivity contribution in [1.82, 2.24) is 34.8 Å². The number of aromatic nitrogens is 3. The van der Waals surface area contributed by atoms with E-state index in [0.717, 1.165) is 137 Å². The molecule has 3 saturated heterocycles. The number of pyridine rings is 1. The fraction of sp³-hybridized carbons (Fsp3) is 0.640. The van der Waals surface area contributed by atoms with Crippen LogP contribution in [0.5, 0.6) is 0 Å². The van der Waals surface area contributed by atoms with Gasteiger partial charge in [0.25, 0.3) is 0 Å². The first kappa shape index (κ1) is 51.0. The van der Waals surface area contributed by atoms with Gasteiger partial charge >= 0.3 is 5.97 Å². The molecule has 4 aliphatic rings. The lowest BCUT2D eigenvalue weighted by Crippen LogP contribution is -2.48. The number of likely N-dealkylation sites (tertiary alicyclic amines) is 2. The van der Waals surface area contributed by atoms with Gasteiger partial charge in [-0.3, -0.25) is 19.2 Å². The predicted octanol–water partition coefficient (Wildman–Crippen LogP) is 6.07. The fourth-order valence-electron chi connectivity index (χ4n) is 9.82. The molecular weight excluding hydrogens is 823 g/mol. The van der Waals surface area contributed by atoms with Gasteiger partial charge in [0, 0.05) is 108 Å². The highest BCUT2D eigenvalue weighted by atomic mass is 16.4. The van der Waals surface area contributed by atoms with Crippen LogP contribution in [0.4, 0.5) is 11.5 Å². The molecule has 2 aromatic heterocycles. The fourth-order valence-corrected chi connectivity index (χ4v) is 9.82. The van der Waals surface area contributed by atoms with Crippen LogP contribution in [0.1, 0.15) is 131 Å². The Balaban J connectivity index is 0.00000261. The van der Waals surface area contributed by atoms with Gasteiger partial charge in [0.1, 0.15) is 5.82 Å². The number of nitrogens with one attached hydrogen (secondary N) is 2. The first-order chi connectivity index (χ1) is 31.1. The number of unbranched alkanes of at least 4 members (excludes halogenated alkanes) is 2. The molecule has 3 amide bonds. The van der Waals surface area contributed by atoms with Crippen LogP contribution in [0.2, 0.25) is 0 Å². The van der Waals surface area contributed by atoms with Crippen LogP contribution in [0.15, 0.2) is 36.4 Å². The number of hydrogen-bond acceptors (Lipinski definition) is 9. The van der Waals surface area contributed by atoms with E-state index in [2.05, 4.69) is 56.8 Å². The maximum atomic E-state index is 13.3. The Morgan fingerprint density at radius 1 is 0.831 bits per heavy atom. The number of amides is 3. The molecule has 7 rings (SSSR count). The first-order valence-electron chi connectivity index (χ1n) is 24.5. The number of fused-ring (bicyclic) bond motifs is 1. The lowest BCUT2D eigenvalue weighted by atomic mass is 9.93. The van der Waals surface area contributed by atoms with Crippen molar-refractivity contribution in [1.29, 1.82) is 0 Å². The minimum atomic E-state index is -0.808. The van der Waals surface area contributed by atoms with E-state index in [9.17, 15) is 24.3 Å². The van der Waals surface area contributed by atoms with Gasteiger partial charge in [0.05, 0.1) is 17.8 Å². The number of benzene rings is 1. The molecule has 6 heterocycles. The Kier molecular flexibility index (Phi) is 20.1. The number of aliphatic carboxylic acids is 1. The van der Waals surface area contributed by atoms with Crippen LogP contribution in [0.25, 0.3) is 5.69 Å². The molecule has 1 aromatic carbocycles. The zero-order valence-electron chi connectivity index (χ0n) is 39.7. The standard InChI is InChI=1S/C48H69N9O5.C2H6.H2O/c1-35-28-36(2)57(52-35)43-30-39(40(31-47(61)62)34-53-23-18-37(33-53)14-16-41-17-15-38-10-9-20-50-48(38)51-41)29-42(32-43)54-24-26-56(27-25-54)46(60)13-8-11-44(58)49-19-5-3-4-12-45(59)55-21-6-7-22-55;1-2;/h15,17,28-30,32,37,40H,3-14,16,18-27,31,33-34H2,1-2H3,(H,49,58)(H,50,51)(H,61,62);1-2H3;1H2. The van der Waals surface area contributed by atoms with Gasteiger partial charge in [0.2, 0.25) is 17.7 Å². The van der Waals surface area contributed by atoms with E-state index in [-0.39, 0.29) is 35.5 Å². The minimum absolute atomic E-state index is 0. The maximum absolute atomic E-state index is 13.3. The number of hydrogen-bond donors (Lipinski definition) is 3. The van der Waals surface area contributed by atoms with Crippen molar-refractivity contribution in [3.05, 3.63) is 64.6 Å². The SMILES string of the molecule is CC.Cc1cc(C)n(-c2cc(C(CC(=O)O)CN3CCC(CCc4ccc5c(n4)NCCC5)C3)cc(N3CCN(C(=O)CCCC(=O)NCCCCCC(=O)N4CCCC4)CC3)c2)n1.O. The predicted molar refractivity (Wildman–Crippen MR) is 257 cm³/mol. The molecule has 5 N–H and O–H groups in total. The summed E-state index contributed by atoms with van der Waals surface area (Å²) in [7, 11) is 0. The summed E-state index contributed by atoms with van der Waals surface area (Å²) in [4.78, 5) is 63.9. The Morgan fingerprint density at radius 2 is 1.55 bits per heavy atom.